The maximum atomic E-state index is 13.8. The Balaban J connectivity index is 1.82. The van der Waals surface area contributed by atoms with Gasteiger partial charge in [0.15, 0.2) is 11.6 Å². The van der Waals surface area contributed by atoms with Crippen molar-refractivity contribution in [1.82, 2.24) is 9.97 Å². The molecule has 1 aromatic heterocycles. The summed E-state index contributed by atoms with van der Waals surface area (Å²) in [5.41, 5.74) is 4.81. The van der Waals surface area contributed by atoms with Crippen LogP contribution in [0.1, 0.15) is 5.56 Å². The highest BCUT2D eigenvalue weighted by molar-refractivity contribution is 7.92. The summed E-state index contributed by atoms with van der Waals surface area (Å²) < 4.78 is 28.8. The average molecular weight is 492 g/mol. The van der Waals surface area contributed by atoms with Gasteiger partial charge < -0.3 is 0 Å². The van der Waals surface area contributed by atoms with Crippen molar-refractivity contribution in [2.75, 3.05) is 11.4 Å². The van der Waals surface area contributed by atoms with Crippen LogP contribution in [0.2, 0.25) is 0 Å². The fraction of sp³-hybridized carbons (Fsp3) is 0.0667. The van der Waals surface area contributed by atoms with Gasteiger partial charge >= 0.3 is 0 Å². The van der Waals surface area contributed by atoms with E-state index in [9.17, 15) is 8.42 Å². The first-order valence-corrected chi connectivity index (χ1v) is 13.0. The third-order valence-electron chi connectivity index (χ3n) is 6.01. The van der Waals surface area contributed by atoms with Gasteiger partial charge in [0.25, 0.3) is 10.0 Å². The van der Waals surface area contributed by atoms with E-state index in [1.54, 1.807) is 31.3 Å². The Bertz CT molecular complexity index is 1590. The van der Waals surface area contributed by atoms with E-state index in [0.717, 1.165) is 22.3 Å². The normalized spacial score (nSPS) is 11.3. The van der Waals surface area contributed by atoms with Gasteiger partial charge in [0.2, 0.25) is 0 Å². The van der Waals surface area contributed by atoms with Gasteiger partial charge in [-0.15, -0.1) is 0 Å². The third-order valence-corrected chi connectivity index (χ3v) is 7.77. The minimum Gasteiger partial charge on any atom is -0.252 e. The zero-order valence-electron chi connectivity index (χ0n) is 20.0. The van der Waals surface area contributed by atoms with Crippen LogP contribution in [0.3, 0.4) is 0 Å². The fourth-order valence-corrected chi connectivity index (χ4v) is 5.21. The number of rotatable bonds is 6. The number of benzene rings is 4. The highest BCUT2D eigenvalue weighted by Gasteiger charge is 2.28. The van der Waals surface area contributed by atoms with Crippen molar-refractivity contribution in [3.8, 4) is 33.8 Å². The molecule has 0 spiro atoms. The van der Waals surface area contributed by atoms with Crippen molar-refractivity contribution < 1.29 is 8.42 Å². The van der Waals surface area contributed by atoms with Crippen LogP contribution in [0.5, 0.6) is 0 Å². The standard InChI is InChI=1S/C30H25N3O2S/c1-22-18-20-26(21-19-22)36(34,35)33(2)30-27(23-12-6-3-7-13-23)28(24-14-8-4-9-15-24)31-29(32-30)25-16-10-5-11-17-25/h3-21H,1-2H3. The van der Waals surface area contributed by atoms with Crippen molar-refractivity contribution in [3.63, 3.8) is 0 Å². The van der Waals surface area contributed by atoms with Crippen molar-refractivity contribution in [3.05, 3.63) is 121 Å². The summed E-state index contributed by atoms with van der Waals surface area (Å²) in [7, 11) is -2.35. The molecule has 0 fully saturated rings. The van der Waals surface area contributed by atoms with Crippen LogP contribution in [-0.4, -0.2) is 25.4 Å². The van der Waals surface area contributed by atoms with Gasteiger partial charge in [-0.1, -0.05) is 109 Å². The van der Waals surface area contributed by atoms with Crippen LogP contribution in [0.25, 0.3) is 33.8 Å². The minimum absolute atomic E-state index is 0.204. The predicted octanol–water partition coefficient (Wildman–Crippen LogP) is 6.61. The molecule has 0 saturated heterocycles. The van der Waals surface area contributed by atoms with Crippen LogP contribution < -0.4 is 4.31 Å². The van der Waals surface area contributed by atoms with Crippen molar-refractivity contribution >= 4 is 15.8 Å². The van der Waals surface area contributed by atoms with E-state index in [1.165, 1.54) is 4.31 Å². The summed E-state index contributed by atoms with van der Waals surface area (Å²) >= 11 is 0. The van der Waals surface area contributed by atoms with E-state index < -0.39 is 10.0 Å². The summed E-state index contributed by atoms with van der Waals surface area (Å²) in [6.45, 7) is 1.93. The average Bonchev–Trinajstić information content (AvgIpc) is 2.93. The van der Waals surface area contributed by atoms with E-state index >= 15 is 0 Å². The monoisotopic (exact) mass is 491 g/mol. The second-order valence-corrected chi connectivity index (χ2v) is 10.4. The Morgan fingerprint density at radius 2 is 1.11 bits per heavy atom. The number of nitrogens with zero attached hydrogens (tertiary/aromatic N) is 3. The number of hydrogen-bond acceptors (Lipinski definition) is 4. The molecule has 5 aromatic rings. The lowest BCUT2D eigenvalue weighted by Gasteiger charge is -2.24. The summed E-state index contributed by atoms with van der Waals surface area (Å²) in [6, 6.07) is 35.9. The SMILES string of the molecule is Cc1ccc(S(=O)(=O)N(C)c2nc(-c3ccccc3)nc(-c3ccccc3)c2-c2ccccc2)cc1. The first-order chi connectivity index (χ1) is 17.4. The Kier molecular flexibility index (Phi) is 6.36. The molecule has 0 bridgehead atoms. The number of anilines is 1. The topological polar surface area (TPSA) is 63.2 Å². The molecule has 1 heterocycles. The highest BCUT2D eigenvalue weighted by Crippen LogP contribution is 2.40. The van der Waals surface area contributed by atoms with Crippen LogP contribution in [-0.2, 0) is 10.0 Å². The first-order valence-electron chi connectivity index (χ1n) is 11.6. The van der Waals surface area contributed by atoms with Crippen molar-refractivity contribution in [2.24, 2.45) is 0 Å². The Hall–Kier alpha value is -4.29. The molecule has 36 heavy (non-hydrogen) atoms. The maximum absolute atomic E-state index is 13.8. The van der Waals surface area contributed by atoms with Gasteiger partial charge in [0.05, 0.1) is 16.2 Å². The summed E-state index contributed by atoms with van der Waals surface area (Å²) in [4.78, 5) is 10.0. The molecular weight excluding hydrogens is 466 g/mol. The fourth-order valence-electron chi connectivity index (χ4n) is 4.05. The molecule has 0 unspecified atom stereocenters. The smallest absolute Gasteiger partial charge is 0.252 e. The lowest BCUT2D eigenvalue weighted by Crippen LogP contribution is -2.28. The number of aromatic nitrogens is 2. The largest absolute Gasteiger partial charge is 0.265 e. The summed E-state index contributed by atoms with van der Waals surface area (Å²) in [6.07, 6.45) is 0. The second kappa shape index (κ2) is 9.76. The molecule has 0 aliphatic carbocycles. The Labute approximate surface area is 211 Å². The third kappa shape index (κ3) is 4.51. The lowest BCUT2D eigenvalue weighted by molar-refractivity contribution is 0.594. The zero-order valence-corrected chi connectivity index (χ0v) is 20.9. The Morgan fingerprint density at radius 3 is 1.67 bits per heavy atom. The highest BCUT2D eigenvalue weighted by atomic mass is 32.2. The molecule has 0 radical (unpaired) electrons. The molecule has 0 atom stereocenters. The molecule has 0 amide bonds. The maximum Gasteiger partial charge on any atom is 0.265 e. The van der Waals surface area contributed by atoms with Crippen molar-refractivity contribution in [1.29, 1.82) is 0 Å². The Morgan fingerprint density at radius 1 is 0.611 bits per heavy atom. The quantitative estimate of drug-likeness (QED) is 0.268. The zero-order chi connectivity index (χ0) is 25.1. The predicted molar refractivity (Wildman–Crippen MR) is 145 cm³/mol. The molecule has 178 valence electrons. The number of hydrogen-bond donors (Lipinski definition) is 0. The number of aryl methyl sites for hydroxylation is 1. The van der Waals surface area contributed by atoms with E-state index in [2.05, 4.69) is 0 Å². The summed E-state index contributed by atoms with van der Waals surface area (Å²) in [5.74, 6) is 0.768. The van der Waals surface area contributed by atoms with E-state index in [0.29, 0.717) is 22.9 Å². The van der Waals surface area contributed by atoms with Crippen LogP contribution in [0.4, 0.5) is 5.82 Å². The summed E-state index contributed by atoms with van der Waals surface area (Å²) in [5, 5.41) is 0. The van der Waals surface area contributed by atoms with Gasteiger partial charge in [-0.2, -0.15) is 0 Å². The minimum atomic E-state index is -3.89. The molecule has 0 aliphatic heterocycles. The van der Waals surface area contributed by atoms with Crippen molar-refractivity contribution in [2.45, 2.75) is 11.8 Å². The van der Waals surface area contributed by atoms with Crippen LogP contribution in [0, 0.1) is 6.92 Å². The van der Waals surface area contributed by atoms with Crippen LogP contribution >= 0.6 is 0 Å². The van der Waals surface area contributed by atoms with E-state index in [1.807, 2.05) is 97.9 Å². The van der Waals surface area contributed by atoms with Gasteiger partial charge in [-0.25, -0.2) is 18.4 Å². The lowest BCUT2D eigenvalue weighted by atomic mass is 9.99. The molecule has 5 nitrogen and oxygen atoms in total. The molecule has 0 N–H and O–H groups in total. The van der Waals surface area contributed by atoms with E-state index in [-0.39, 0.29) is 4.90 Å². The molecule has 0 aliphatic rings. The van der Waals surface area contributed by atoms with E-state index in [4.69, 9.17) is 9.97 Å². The second-order valence-electron chi connectivity index (χ2n) is 8.48. The van der Waals surface area contributed by atoms with Crippen LogP contribution in [0.15, 0.2) is 120 Å². The van der Waals surface area contributed by atoms with Gasteiger partial charge in [0, 0.05) is 18.2 Å². The molecule has 5 rings (SSSR count). The molecule has 0 saturated carbocycles. The van der Waals surface area contributed by atoms with Gasteiger partial charge in [0.1, 0.15) is 0 Å². The molecule has 6 heteroatoms. The number of sulfonamides is 1. The van der Waals surface area contributed by atoms with Gasteiger partial charge in [-0.05, 0) is 24.6 Å². The first kappa shape index (κ1) is 23.5. The molecule has 4 aromatic carbocycles. The van der Waals surface area contributed by atoms with Gasteiger partial charge in [-0.3, -0.25) is 4.31 Å². The molecular formula is C30H25N3O2S.